The SMILES string of the molecule is Oc1c(/C=C2/C=Nc3ccccc32)sc(=S)n1Cc1cccc(Cn2c(O)c(/C=C3/C=Nc4ccccc43)sc2=S)c1. The van der Waals surface area contributed by atoms with Crippen molar-refractivity contribution < 1.29 is 10.2 Å². The van der Waals surface area contributed by atoms with Gasteiger partial charge in [-0.05, 0) is 59.8 Å². The largest absolute Gasteiger partial charge is 0.493 e. The van der Waals surface area contributed by atoms with Crippen molar-refractivity contribution in [2.75, 3.05) is 0 Å². The fourth-order valence-corrected chi connectivity index (χ4v) is 7.59. The maximum absolute atomic E-state index is 11.1. The first-order valence-electron chi connectivity index (χ1n) is 13.1. The maximum Gasteiger partial charge on any atom is 0.210 e. The van der Waals surface area contributed by atoms with Crippen molar-refractivity contribution in [2.24, 2.45) is 9.98 Å². The molecule has 7 rings (SSSR count). The number of nitrogens with zero attached hydrogens (tertiary/aromatic N) is 4. The minimum atomic E-state index is 0.132. The maximum atomic E-state index is 11.1. The summed E-state index contributed by atoms with van der Waals surface area (Å²) in [6.07, 6.45) is 7.49. The van der Waals surface area contributed by atoms with Crippen LogP contribution in [0.25, 0.3) is 23.3 Å². The summed E-state index contributed by atoms with van der Waals surface area (Å²) >= 11 is 14.0. The van der Waals surface area contributed by atoms with Crippen molar-refractivity contribution >= 4 is 94.2 Å². The van der Waals surface area contributed by atoms with Gasteiger partial charge in [0, 0.05) is 34.7 Å². The number of aromatic nitrogens is 2. The van der Waals surface area contributed by atoms with E-state index in [1.165, 1.54) is 22.7 Å². The third-order valence-corrected chi connectivity index (χ3v) is 9.92. The van der Waals surface area contributed by atoms with Gasteiger partial charge in [-0.15, -0.1) is 22.7 Å². The van der Waals surface area contributed by atoms with Crippen LogP contribution in [0.5, 0.6) is 11.8 Å². The summed E-state index contributed by atoms with van der Waals surface area (Å²) in [6, 6.07) is 23.9. The highest BCUT2D eigenvalue weighted by atomic mass is 32.2. The third-order valence-electron chi connectivity index (χ3n) is 7.15. The van der Waals surface area contributed by atoms with Crippen molar-refractivity contribution in [1.82, 2.24) is 9.13 Å². The Hall–Kier alpha value is -4.22. The van der Waals surface area contributed by atoms with E-state index in [0.29, 0.717) is 30.8 Å². The van der Waals surface area contributed by atoms with Crippen molar-refractivity contribution in [3.05, 3.63) is 113 Å². The number of thiazole rings is 2. The van der Waals surface area contributed by atoms with E-state index in [4.69, 9.17) is 24.4 Å². The molecule has 2 aromatic heterocycles. The number of aromatic hydroxyl groups is 2. The van der Waals surface area contributed by atoms with Crippen LogP contribution in [0.3, 0.4) is 0 Å². The average molecular weight is 623 g/mol. The molecular weight excluding hydrogens is 601 g/mol. The van der Waals surface area contributed by atoms with E-state index < -0.39 is 0 Å². The number of hydrogen-bond acceptors (Lipinski definition) is 8. The molecule has 0 radical (unpaired) electrons. The molecule has 2 aliphatic rings. The Morgan fingerprint density at radius 2 is 1.10 bits per heavy atom. The fourth-order valence-electron chi connectivity index (χ4n) is 5.08. The Bertz CT molecular complexity index is 1980. The minimum absolute atomic E-state index is 0.132. The van der Waals surface area contributed by atoms with E-state index in [9.17, 15) is 10.2 Å². The molecule has 0 atom stereocenters. The highest BCUT2D eigenvalue weighted by Crippen LogP contribution is 2.37. The Kier molecular flexibility index (Phi) is 6.91. The molecule has 6 nitrogen and oxygen atoms in total. The van der Waals surface area contributed by atoms with Crippen LogP contribution in [-0.4, -0.2) is 31.8 Å². The Morgan fingerprint density at radius 1 is 0.643 bits per heavy atom. The third kappa shape index (κ3) is 4.92. The van der Waals surface area contributed by atoms with Gasteiger partial charge in [-0.1, -0.05) is 60.7 Å². The number of aliphatic imine (C=N–C) groups is 2. The van der Waals surface area contributed by atoms with Crippen molar-refractivity contribution in [1.29, 1.82) is 0 Å². The number of benzene rings is 3. The molecule has 0 amide bonds. The molecule has 42 heavy (non-hydrogen) atoms. The quantitative estimate of drug-likeness (QED) is 0.186. The molecule has 0 aliphatic carbocycles. The Labute approximate surface area is 259 Å². The van der Waals surface area contributed by atoms with Gasteiger partial charge in [0.2, 0.25) is 11.8 Å². The zero-order chi connectivity index (χ0) is 28.8. The van der Waals surface area contributed by atoms with Gasteiger partial charge in [-0.25, -0.2) is 0 Å². The van der Waals surface area contributed by atoms with Crippen LogP contribution in [0.2, 0.25) is 0 Å². The van der Waals surface area contributed by atoms with Crippen LogP contribution < -0.4 is 0 Å². The lowest BCUT2D eigenvalue weighted by Gasteiger charge is -2.09. The first-order chi connectivity index (χ1) is 20.4. The summed E-state index contributed by atoms with van der Waals surface area (Å²) in [5.74, 6) is 0.265. The predicted molar refractivity (Wildman–Crippen MR) is 179 cm³/mol. The molecule has 5 aromatic rings. The van der Waals surface area contributed by atoms with E-state index in [0.717, 1.165) is 44.8 Å². The van der Waals surface area contributed by atoms with Crippen LogP contribution in [0, 0.1) is 7.91 Å². The van der Waals surface area contributed by atoms with Crippen LogP contribution in [0.4, 0.5) is 11.4 Å². The Balaban J connectivity index is 1.13. The van der Waals surface area contributed by atoms with E-state index in [1.54, 1.807) is 9.13 Å². The first-order valence-corrected chi connectivity index (χ1v) is 15.5. The first kappa shape index (κ1) is 26.7. The van der Waals surface area contributed by atoms with E-state index >= 15 is 0 Å². The monoisotopic (exact) mass is 622 g/mol. The van der Waals surface area contributed by atoms with Gasteiger partial charge in [-0.3, -0.25) is 19.1 Å². The molecule has 206 valence electrons. The Morgan fingerprint density at radius 3 is 1.57 bits per heavy atom. The molecule has 4 heterocycles. The van der Waals surface area contributed by atoms with Crippen molar-refractivity contribution in [2.45, 2.75) is 13.1 Å². The van der Waals surface area contributed by atoms with Gasteiger partial charge >= 0.3 is 0 Å². The molecule has 0 saturated carbocycles. The topological polar surface area (TPSA) is 75.0 Å². The molecule has 0 saturated heterocycles. The second-order valence-corrected chi connectivity index (χ2v) is 13.2. The predicted octanol–water partition coefficient (Wildman–Crippen LogP) is 8.89. The molecule has 10 heteroatoms. The standard InChI is InChI=1S/C32H22N4O2S4/c37-29-27(13-21-15-33-25-10-3-1-8-23(21)25)41-31(39)35(29)17-19-6-5-7-20(12-19)18-36-30(38)28(42-32(36)40)14-22-16-34-26-11-4-2-9-24(22)26/h1-16,37-38H,17-18H2/b21-13-,22-14-. The van der Waals surface area contributed by atoms with E-state index in [2.05, 4.69) is 9.98 Å². The number of rotatable bonds is 6. The van der Waals surface area contributed by atoms with Crippen LogP contribution >= 0.6 is 47.1 Å². The lowest BCUT2D eigenvalue weighted by atomic mass is 10.1. The van der Waals surface area contributed by atoms with Crippen LogP contribution in [0.1, 0.15) is 32.0 Å². The zero-order valence-electron chi connectivity index (χ0n) is 22.0. The number of para-hydroxylation sites is 2. The summed E-state index contributed by atoms with van der Waals surface area (Å²) in [4.78, 5) is 10.3. The molecule has 2 N–H and O–H groups in total. The van der Waals surface area contributed by atoms with Crippen molar-refractivity contribution in [3.63, 3.8) is 0 Å². The van der Waals surface area contributed by atoms with Gasteiger partial charge in [0.05, 0.1) is 34.2 Å². The lowest BCUT2D eigenvalue weighted by molar-refractivity contribution is 0.422. The minimum Gasteiger partial charge on any atom is -0.493 e. The van der Waals surface area contributed by atoms with Crippen molar-refractivity contribution in [3.8, 4) is 11.8 Å². The van der Waals surface area contributed by atoms with Gasteiger partial charge in [-0.2, -0.15) is 0 Å². The second-order valence-electron chi connectivity index (χ2n) is 9.85. The van der Waals surface area contributed by atoms with Gasteiger partial charge in [0.15, 0.2) is 7.91 Å². The summed E-state index contributed by atoms with van der Waals surface area (Å²) in [5, 5.41) is 22.2. The zero-order valence-corrected chi connectivity index (χ0v) is 25.2. The van der Waals surface area contributed by atoms with Crippen LogP contribution in [0.15, 0.2) is 82.8 Å². The summed E-state index contributed by atoms with van der Waals surface area (Å²) in [5.41, 5.74) is 7.74. The highest BCUT2D eigenvalue weighted by molar-refractivity contribution is 7.73. The number of hydrogen-bond donors (Lipinski definition) is 2. The molecule has 0 unspecified atom stereocenters. The average Bonchev–Trinajstić information content (AvgIpc) is 3.73. The van der Waals surface area contributed by atoms with Gasteiger partial charge in [0.1, 0.15) is 0 Å². The normalized spacial score (nSPS) is 15.1. The fraction of sp³-hybridized carbons (Fsp3) is 0.0625. The van der Waals surface area contributed by atoms with Gasteiger partial charge < -0.3 is 10.2 Å². The molecule has 3 aromatic carbocycles. The lowest BCUT2D eigenvalue weighted by Crippen LogP contribution is -2.02. The second kappa shape index (κ2) is 10.9. The smallest absolute Gasteiger partial charge is 0.210 e. The summed E-state index contributed by atoms with van der Waals surface area (Å²) in [6.45, 7) is 0.833. The molecule has 0 spiro atoms. The molecular formula is C32H22N4O2S4. The van der Waals surface area contributed by atoms with E-state index in [-0.39, 0.29) is 11.8 Å². The summed E-state index contributed by atoms with van der Waals surface area (Å²) < 4.78 is 4.64. The number of allylic oxidation sites excluding steroid dienone is 2. The van der Waals surface area contributed by atoms with Gasteiger partial charge in [0.25, 0.3) is 0 Å². The van der Waals surface area contributed by atoms with E-state index in [1.807, 2.05) is 97.4 Å². The highest BCUT2D eigenvalue weighted by Gasteiger charge is 2.17. The summed E-state index contributed by atoms with van der Waals surface area (Å²) in [7, 11) is 0. The molecule has 2 aliphatic heterocycles. The van der Waals surface area contributed by atoms with Crippen LogP contribution in [-0.2, 0) is 13.1 Å². The number of fused-ring (bicyclic) bond motifs is 2. The molecule has 0 bridgehead atoms. The molecule has 0 fully saturated rings.